The molecule has 1 atom stereocenters. The van der Waals surface area contributed by atoms with Gasteiger partial charge in [0.25, 0.3) is 0 Å². The van der Waals surface area contributed by atoms with E-state index in [4.69, 9.17) is 16.3 Å². The van der Waals surface area contributed by atoms with Gasteiger partial charge in [0, 0.05) is 24.5 Å². The fourth-order valence-corrected chi connectivity index (χ4v) is 3.42. The molecule has 0 aliphatic carbocycles. The highest BCUT2D eigenvalue weighted by atomic mass is 35.5. The number of rotatable bonds is 3. The van der Waals surface area contributed by atoms with Gasteiger partial charge in [-0.2, -0.15) is 0 Å². The third kappa shape index (κ3) is 3.66. The van der Waals surface area contributed by atoms with E-state index in [9.17, 15) is 5.11 Å². The van der Waals surface area contributed by atoms with Crippen molar-refractivity contribution in [1.29, 1.82) is 0 Å². The first kappa shape index (κ1) is 13.3. The fourth-order valence-electron chi connectivity index (χ4n) is 2.29. The van der Waals surface area contributed by atoms with Gasteiger partial charge < -0.3 is 9.84 Å². The van der Waals surface area contributed by atoms with Crippen LogP contribution >= 0.6 is 22.9 Å². The van der Waals surface area contributed by atoms with Gasteiger partial charge in [0.15, 0.2) is 0 Å². The topological polar surface area (TPSA) is 32.7 Å². The predicted octanol–water partition coefficient (Wildman–Crippen LogP) is 2.37. The number of hydrogen-bond acceptors (Lipinski definition) is 4. The lowest BCUT2D eigenvalue weighted by molar-refractivity contribution is -0.150. The molecule has 1 aliphatic rings. The number of morpholine rings is 1. The van der Waals surface area contributed by atoms with Gasteiger partial charge in [0.2, 0.25) is 0 Å². The average Bonchev–Trinajstić information content (AvgIpc) is 2.61. The zero-order chi connectivity index (χ0) is 12.5. The van der Waals surface area contributed by atoms with Crippen LogP contribution in [0.25, 0.3) is 0 Å². The van der Waals surface area contributed by atoms with E-state index < -0.39 is 0 Å². The Morgan fingerprint density at radius 2 is 2.35 bits per heavy atom. The van der Waals surface area contributed by atoms with Crippen molar-refractivity contribution < 1.29 is 9.84 Å². The standard InChI is InChI=1S/C12H18ClNO2S/c1-12(2)8-14(5-9(7-15)16-12)6-10-3-4-11(13)17-10/h3-4,9,15H,5-8H2,1-2H3. The summed E-state index contributed by atoms with van der Waals surface area (Å²) in [6, 6.07) is 3.99. The van der Waals surface area contributed by atoms with E-state index in [2.05, 4.69) is 24.8 Å². The Balaban J connectivity index is 2.00. The summed E-state index contributed by atoms with van der Waals surface area (Å²) < 4.78 is 6.61. The highest BCUT2D eigenvalue weighted by molar-refractivity contribution is 7.16. The Hall–Kier alpha value is -0.130. The van der Waals surface area contributed by atoms with Crippen molar-refractivity contribution in [3.05, 3.63) is 21.3 Å². The molecule has 2 rings (SSSR count). The molecule has 1 N–H and O–H groups in total. The minimum atomic E-state index is -0.202. The molecule has 1 saturated heterocycles. The molecule has 0 amide bonds. The highest BCUT2D eigenvalue weighted by Gasteiger charge is 2.32. The number of aliphatic hydroxyl groups is 1. The lowest BCUT2D eigenvalue weighted by Crippen LogP contribution is -2.53. The predicted molar refractivity (Wildman–Crippen MR) is 70.6 cm³/mol. The summed E-state index contributed by atoms with van der Waals surface area (Å²) in [7, 11) is 0. The van der Waals surface area contributed by atoms with Gasteiger partial charge in [-0.3, -0.25) is 4.90 Å². The van der Waals surface area contributed by atoms with Crippen LogP contribution in [0.1, 0.15) is 18.7 Å². The van der Waals surface area contributed by atoms with Crippen LogP contribution in [0.15, 0.2) is 12.1 Å². The molecule has 0 bridgehead atoms. The molecule has 0 radical (unpaired) electrons. The molecule has 3 nitrogen and oxygen atoms in total. The molecule has 1 aromatic rings. The van der Waals surface area contributed by atoms with Crippen molar-refractivity contribution in [3.63, 3.8) is 0 Å². The van der Waals surface area contributed by atoms with Crippen molar-refractivity contribution in [2.75, 3.05) is 19.7 Å². The van der Waals surface area contributed by atoms with Gasteiger partial charge >= 0.3 is 0 Å². The zero-order valence-electron chi connectivity index (χ0n) is 10.1. The fraction of sp³-hybridized carbons (Fsp3) is 0.667. The van der Waals surface area contributed by atoms with Gasteiger partial charge in [-0.25, -0.2) is 0 Å². The number of nitrogens with zero attached hydrogens (tertiary/aromatic N) is 1. The maximum absolute atomic E-state index is 9.24. The molecule has 17 heavy (non-hydrogen) atoms. The summed E-state index contributed by atoms with van der Waals surface area (Å²) in [4.78, 5) is 3.57. The van der Waals surface area contributed by atoms with E-state index in [-0.39, 0.29) is 18.3 Å². The van der Waals surface area contributed by atoms with Crippen molar-refractivity contribution in [3.8, 4) is 0 Å². The summed E-state index contributed by atoms with van der Waals surface area (Å²) >= 11 is 7.54. The monoisotopic (exact) mass is 275 g/mol. The molecule has 2 heterocycles. The molecule has 1 aliphatic heterocycles. The third-order valence-electron chi connectivity index (χ3n) is 2.76. The first-order chi connectivity index (χ1) is 7.98. The van der Waals surface area contributed by atoms with E-state index in [1.54, 1.807) is 11.3 Å². The van der Waals surface area contributed by atoms with Crippen LogP contribution in [-0.2, 0) is 11.3 Å². The maximum Gasteiger partial charge on any atom is 0.0940 e. The number of thiophene rings is 1. The van der Waals surface area contributed by atoms with Crippen molar-refractivity contribution in [2.45, 2.75) is 32.1 Å². The number of ether oxygens (including phenoxy) is 1. The Bertz CT molecular complexity index is 380. The van der Waals surface area contributed by atoms with Gasteiger partial charge in [-0.15, -0.1) is 11.3 Å². The molecule has 1 unspecified atom stereocenters. The highest BCUT2D eigenvalue weighted by Crippen LogP contribution is 2.26. The van der Waals surface area contributed by atoms with Crippen LogP contribution in [0, 0.1) is 0 Å². The smallest absolute Gasteiger partial charge is 0.0940 e. The second kappa shape index (κ2) is 5.24. The molecular weight excluding hydrogens is 258 g/mol. The normalized spacial score (nSPS) is 25.1. The van der Waals surface area contributed by atoms with Crippen LogP contribution in [0.2, 0.25) is 4.34 Å². The molecule has 1 fully saturated rings. The molecular formula is C12H18ClNO2S. The average molecular weight is 276 g/mol. The largest absolute Gasteiger partial charge is 0.394 e. The summed E-state index contributed by atoms with van der Waals surface area (Å²) in [5.74, 6) is 0. The van der Waals surface area contributed by atoms with Crippen LogP contribution in [0.4, 0.5) is 0 Å². The quantitative estimate of drug-likeness (QED) is 0.919. The van der Waals surface area contributed by atoms with E-state index in [1.807, 2.05) is 6.07 Å². The zero-order valence-corrected chi connectivity index (χ0v) is 11.7. The SMILES string of the molecule is CC1(C)CN(Cc2ccc(Cl)s2)CC(CO)O1. The van der Waals surface area contributed by atoms with Gasteiger partial charge in [0.1, 0.15) is 0 Å². The van der Waals surface area contributed by atoms with Gasteiger partial charge in [0.05, 0.1) is 22.6 Å². The van der Waals surface area contributed by atoms with Crippen LogP contribution < -0.4 is 0 Å². The Morgan fingerprint density at radius 3 is 2.94 bits per heavy atom. The Morgan fingerprint density at radius 1 is 1.59 bits per heavy atom. The van der Waals surface area contributed by atoms with Crippen LogP contribution in [0.3, 0.4) is 0 Å². The van der Waals surface area contributed by atoms with Crippen molar-refractivity contribution >= 4 is 22.9 Å². The number of hydrogen-bond donors (Lipinski definition) is 1. The molecule has 0 spiro atoms. The lowest BCUT2D eigenvalue weighted by atomic mass is 10.1. The Labute approximate surface area is 111 Å². The summed E-state index contributed by atoms with van der Waals surface area (Å²) in [6.07, 6.45) is -0.0887. The summed E-state index contributed by atoms with van der Waals surface area (Å²) in [5, 5.41) is 9.24. The molecule has 96 valence electrons. The third-order valence-corrected chi connectivity index (χ3v) is 3.98. The van der Waals surface area contributed by atoms with Crippen LogP contribution in [0.5, 0.6) is 0 Å². The molecule has 0 saturated carbocycles. The van der Waals surface area contributed by atoms with E-state index in [1.165, 1.54) is 4.88 Å². The minimum Gasteiger partial charge on any atom is -0.394 e. The Kier molecular flexibility index (Phi) is 4.10. The van der Waals surface area contributed by atoms with E-state index in [0.29, 0.717) is 0 Å². The van der Waals surface area contributed by atoms with E-state index in [0.717, 1.165) is 24.0 Å². The number of aliphatic hydroxyl groups excluding tert-OH is 1. The number of halogens is 1. The first-order valence-corrected chi connectivity index (χ1v) is 6.93. The van der Waals surface area contributed by atoms with Gasteiger partial charge in [-0.05, 0) is 26.0 Å². The minimum absolute atomic E-state index is 0.0745. The van der Waals surface area contributed by atoms with Gasteiger partial charge in [-0.1, -0.05) is 11.6 Å². The lowest BCUT2D eigenvalue weighted by Gasteiger charge is -2.42. The van der Waals surface area contributed by atoms with Crippen molar-refractivity contribution in [2.24, 2.45) is 0 Å². The maximum atomic E-state index is 9.24. The van der Waals surface area contributed by atoms with Crippen LogP contribution in [-0.4, -0.2) is 41.4 Å². The first-order valence-electron chi connectivity index (χ1n) is 5.74. The second-order valence-electron chi connectivity index (χ2n) is 5.06. The molecule has 5 heteroatoms. The second-order valence-corrected chi connectivity index (χ2v) is 6.86. The summed E-state index contributed by atoms with van der Waals surface area (Å²) in [6.45, 7) is 6.71. The summed E-state index contributed by atoms with van der Waals surface area (Å²) in [5.41, 5.74) is -0.202. The van der Waals surface area contributed by atoms with Crippen molar-refractivity contribution in [1.82, 2.24) is 4.90 Å². The molecule has 0 aromatic carbocycles. The molecule has 1 aromatic heterocycles. The van der Waals surface area contributed by atoms with E-state index >= 15 is 0 Å².